The summed E-state index contributed by atoms with van der Waals surface area (Å²) in [5.41, 5.74) is 4.37. The lowest BCUT2D eigenvalue weighted by molar-refractivity contribution is 0.266. The second kappa shape index (κ2) is 7.90. The summed E-state index contributed by atoms with van der Waals surface area (Å²) in [5.74, 6) is 0. The van der Waals surface area contributed by atoms with Crippen LogP contribution in [0.15, 0.2) is 35.1 Å². The zero-order valence-corrected chi connectivity index (χ0v) is 13.4. The number of rotatable bonds is 7. The molecule has 0 atom stereocenters. The van der Waals surface area contributed by atoms with Crippen molar-refractivity contribution in [2.24, 2.45) is 0 Å². The number of aryl methyl sites for hydroxylation is 2. The minimum atomic E-state index is -0.186. The third-order valence-corrected chi connectivity index (χ3v) is 3.72. The van der Waals surface area contributed by atoms with Gasteiger partial charge in [-0.2, -0.15) is 5.10 Å². The van der Waals surface area contributed by atoms with Crippen molar-refractivity contribution in [1.82, 2.24) is 9.78 Å². The largest absolute Gasteiger partial charge is 0.394 e. The van der Waals surface area contributed by atoms with E-state index in [1.807, 2.05) is 0 Å². The van der Waals surface area contributed by atoms with Crippen LogP contribution in [0.2, 0.25) is 0 Å². The van der Waals surface area contributed by atoms with E-state index in [-0.39, 0.29) is 18.7 Å². The molecule has 22 heavy (non-hydrogen) atoms. The number of aliphatic hydroxyl groups is 1. The Bertz CT molecular complexity index is 677. The summed E-state index contributed by atoms with van der Waals surface area (Å²) in [6.07, 6.45) is 4.39. The van der Waals surface area contributed by atoms with E-state index in [0.29, 0.717) is 0 Å². The molecule has 0 aliphatic heterocycles. The smallest absolute Gasteiger partial charge is 0.266 e. The van der Waals surface area contributed by atoms with Crippen LogP contribution >= 0.6 is 0 Å². The van der Waals surface area contributed by atoms with Crippen LogP contribution in [0, 0.1) is 0 Å². The van der Waals surface area contributed by atoms with Crippen LogP contribution < -0.4 is 5.56 Å². The van der Waals surface area contributed by atoms with Crippen LogP contribution in [0.4, 0.5) is 0 Å². The highest BCUT2D eigenvalue weighted by Crippen LogP contribution is 2.22. The quantitative estimate of drug-likeness (QED) is 0.855. The van der Waals surface area contributed by atoms with E-state index in [0.717, 1.165) is 36.9 Å². The summed E-state index contributed by atoms with van der Waals surface area (Å²) in [5, 5.41) is 13.4. The molecule has 118 valence electrons. The average molecular weight is 300 g/mol. The van der Waals surface area contributed by atoms with E-state index in [9.17, 15) is 4.79 Å². The summed E-state index contributed by atoms with van der Waals surface area (Å²) in [7, 11) is 0. The molecule has 1 aromatic carbocycles. The van der Waals surface area contributed by atoms with Gasteiger partial charge in [0.25, 0.3) is 5.56 Å². The monoisotopic (exact) mass is 300 g/mol. The number of hydrogen-bond donors (Lipinski definition) is 1. The van der Waals surface area contributed by atoms with Gasteiger partial charge in [-0.25, -0.2) is 4.68 Å². The first-order valence-corrected chi connectivity index (χ1v) is 8.00. The summed E-state index contributed by atoms with van der Waals surface area (Å²) in [6, 6.07) is 9.69. The lowest BCUT2D eigenvalue weighted by atomic mass is 9.96. The van der Waals surface area contributed by atoms with Crippen molar-refractivity contribution < 1.29 is 5.11 Å². The molecule has 0 fully saturated rings. The van der Waals surface area contributed by atoms with Crippen LogP contribution in [-0.4, -0.2) is 21.5 Å². The summed E-state index contributed by atoms with van der Waals surface area (Å²) in [4.78, 5) is 11.7. The maximum atomic E-state index is 11.7. The Kier molecular flexibility index (Phi) is 5.90. The maximum absolute atomic E-state index is 11.7. The summed E-state index contributed by atoms with van der Waals surface area (Å²) in [6.45, 7) is 4.51. The molecule has 0 aliphatic carbocycles. The molecule has 0 aliphatic rings. The van der Waals surface area contributed by atoms with Crippen LogP contribution in [0.3, 0.4) is 0 Å². The zero-order valence-electron chi connectivity index (χ0n) is 13.4. The fourth-order valence-electron chi connectivity index (χ4n) is 2.66. The highest BCUT2D eigenvalue weighted by Gasteiger charge is 2.07. The van der Waals surface area contributed by atoms with E-state index in [4.69, 9.17) is 5.11 Å². The molecule has 1 N–H and O–H groups in total. The van der Waals surface area contributed by atoms with E-state index in [1.165, 1.54) is 21.9 Å². The van der Waals surface area contributed by atoms with Crippen LogP contribution in [0.1, 0.15) is 37.8 Å². The third-order valence-electron chi connectivity index (χ3n) is 3.72. The number of nitrogens with zero attached hydrogens (tertiary/aromatic N) is 2. The molecule has 1 heterocycles. The first-order chi connectivity index (χ1) is 10.7. The molecule has 2 aromatic rings. The summed E-state index contributed by atoms with van der Waals surface area (Å²) < 4.78 is 1.31. The van der Waals surface area contributed by atoms with Crippen molar-refractivity contribution in [3.63, 3.8) is 0 Å². The number of aromatic nitrogens is 2. The van der Waals surface area contributed by atoms with Crippen molar-refractivity contribution in [1.29, 1.82) is 0 Å². The SMILES string of the molecule is CCCc1ccc(-c2ccc(=O)n(CCO)n2)cc1CCC. The molecule has 0 saturated carbocycles. The predicted octanol–water partition coefficient (Wildman–Crippen LogP) is 2.81. The highest BCUT2D eigenvalue weighted by atomic mass is 16.3. The second-order valence-corrected chi connectivity index (χ2v) is 5.49. The van der Waals surface area contributed by atoms with E-state index in [2.05, 4.69) is 37.1 Å². The molecule has 0 radical (unpaired) electrons. The molecule has 0 unspecified atom stereocenters. The molecule has 0 saturated heterocycles. The Hall–Kier alpha value is -1.94. The summed E-state index contributed by atoms with van der Waals surface area (Å²) >= 11 is 0. The Morgan fingerprint density at radius 1 is 1.05 bits per heavy atom. The minimum Gasteiger partial charge on any atom is -0.394 e. The van der Waals surface area contributed by atoms with Crippen LogP contribution in [-0.2, 0) is 19.4 Å². The van der Waals surface area contributed by atoms with Gasteiger partial charge >= 0.3 is 0 Å². The standard InChI is InChI=1S/C18H24N2O2/c1-3-5-14-7-8-16(13-15(14)6-4-2)17-9-10-18(22)20(19-17)11-12-21/h7-10,13,21H,3-6,11-12H2,1-2H3. The molecular formula is C18H24N2O2. The van der Waals surface area contributed by atoms with Gasteiger partial charge in [0.05, 0.1) is 18.8 Å². The van der Waals surface area contributed by atoms with Gasteiger partial charge < -0.3 is 5.11 Å². The molecule has 0 bridgehead atoms. The molecule has 4 heteroatoms. The second-order valence-electron chi connectivity index (χ2n) is 5.49. The van der Waals surface area contributed by atoms with Gasteiger partial charge in [-0.1, -0.05) is 38.8 Å². The van der Waals surface area contributed by atoms with Crippen molar-refractivity contribution >= 4 is 0 Å². The van der Waals surface area contributed by atoms with Gasteiger partial charge in [-0.05, 0) is 36.1 Å². The minimum absolute atomic E-state index is 0.0904. The maximum Gasteiger partial charge on any atom is 0.266 e. The third kappa shape index (κ3) is 3.83. The van der Waals surface area contributed by atoms with Crippen molar-refractivity contribution in [3.8, 4) is 11.3 Å². The predicted molar refractivity (Wildman–Crippen MR) is 89.0 cm³/mol. The molecule has 0 amide bonds. The Morgan fingerprint density at radius 3 is 2.45 bits per heavy atom. The van der Waals surface area contributed by atoms with E-state index in [1.54, 1.807) is 6.07 Å². The van der Waals surface area contributed by atoms with Gasteiger partial charge in [0, 0.05) is 11.6 Å². The van der Waals surface area contributed by atoms with E-state index < -0.39 is 0 Å². The Morgan fingerprint density at radius 2 is 1.77 bits per heavy atom. The molecule has 4 nitrogen and oxygen atoms in total. The van der Waals surface area contributed by atoms with Gasteiger partial charge in [-0.3, -0.25) is 4.79 Å². The Balaban J connectivity index is 2.41. The first kappa shape index (κ1) is 16.4. The molecule has 0 spiro atoms. The Labute approximate surface area is 131 Å². The molecule has 1 aromatic heterocycles. The lowest BCUT2D eigenvalue weighted by Gasteiger charge is -2.11. The van der Waals surface area contributed by atoms with Gasteiger partial charge in [0.1, 0.15) is 0 Å². The average Bonchev–Trinajstić information content (AvgIpc) is 2.52. The molecular weight excluding hydrogens is 276 g/mol. The van der Waals surface area contributed by atoms with Gasteiger partial charge in [0.15, 0.2) is 0 Å². The van der Waals surface area contributed by atoms with E-state index >= 15 is 0 Å². The number of hydrogen-bond acceptors (Lipinski definition) is 3. The highest BCUT2D eigenvalue weighted by molar-refractivity contribution is 5.60. The van der Waals surface area contributed by atoms with Gasteiger partial charge in [-0.15, -0.1) is 0 Å². The van der Waals surface area contributed by atoms with Crippen LogP contribution in [0.5, 0.6) is 0 Å². The normalized spacial score (nSPS) is 10.9. The molecule has 2 rings (SSSR count). The fraction of sp³-hybridized carbons (Fsp3) is 0.444. The fourth-order valence-corrected chi connectivity index (χ4v) is 2.66. The van der Waals surface area contributed by atoms with Crippen LogP contribution in [0.25, 0.3) is 11.3 Å². The number of aliphatic hydroxyl groups excluding tert-OH is 1. The topological polar surface area (TPSA) is 55.1 Å². The lowest BCUT2D eigenvalue weighted by Crippen LogP contribution is -2.23. The zero-order chi connectivity index (χ0) is 15.9. The first-order valence-electron chi connectivity index (χ1n) is 8.00. The van der Waals surface area contributed by atoms with Crippen molar-refractivity contribution in [2.75, 3.05) is 6.61 Å². The van der Waals surface area contributed by atoms with Gasteiger partial charge in [0.2, 0.25) is 0 Å². The number of benzene rings is 1. The van der Waals surface area contributed by atoms with Crippen molar-refractivity contribution in [3.05, 3.63) is 51.8 Å². The van der Waals surface area contributed by atoms with Crippen molar-refractivity contribution in [2.45, 2.75) is 46.1 Å².